The monoisotopic (exact) mass is 258 g/mol. The lowest BCUT2D eigenvalue weighted by Crippen LogP contribution is -1.97. The molecule has 0 radical (unpaired) electrons. The van der Waals surface area contributed by atoms with Gasteiger partial charge in [0.2, 0.25) is 0 Å². The first-order valence-corrected chi connectivity index (χ1v) is 6.13. The summed E-state index contributed by atoms with van der Waals surface area (Å²) in [6.45, 7) is 0.165. The molecule has 2 aromatic rings. The van der Waals surface area contributed by atoms with Crippen LogP contribution in [0, 0.1) is 0 Å². The number of methoxy groups -OCH3 is 1. The quantitative estimate of drug-likeness (QED) is 0.721. The molecule has 100 valence electrons. The van der Waals surface area contributed by atoms with Gasteiger partial charge in [-0.2, -0.15) is 0 Å². The van der Waals surface area contributed by atoms with Crippen LogP contribution in [0.5, 0.6) is 5.75 Å². The number of nitrogens with one attached hydrogen (secondary N) is 1. The SMILES string of the molecule is COc1ccc(Nc2ccc(CCO)cc2)c(N)c1. The summed E-state index contributed by atoms with van der Waals surface area (Å²) in [5, 5.41) is 12.1. The van der Waals surface area contributed by atoms with Crippen LogP contribution in [0.3, 0.4) is 0 Å². The third kappa shape index (κ3) is 3.39. The van der Waals surface area contributed by atoms with E-state index < -0.39 is 0 Å². The standard InChI is InChI=1S/C15H18N2O2/c1-19-13-6-7-15(14(16)10-13)17-12-4-2-11(3-5-12)8-9-18/h2-7,10,17-18H,8-9,16H2,1H3. The van der Waals surface area contributed by atoms with Gasteiger partial charge in [0.1, 0.15) is 5.75 Å². The molecular weight excluding hydrogens is 240 g/mol. The Morgan fingerprint density at radius 1 is 1.16 bits per heavy atom. The van der Waals surface area contributed by atoms with Crippen molar-refractivity contribution in [2.45, 2.75) is 6.42 Å². The van der Waals surface area contributed by atoms with Crippen molar-refractivity contribution < 1.29 is 9.84 Å². The number of hydrogen-bond donors (Lipinski definition) is 3. The van der Waals surface area contributed by atoms with Crippen molar-refractivity contribution in [1.82, 2.24) is 0 Å². The first-order valence-electron chi connectivity index (χ1n) is 6.13. The molecule has 19 heavy (non-hydrogen) atoms. The Labute approximate surface area is 112 Å². The summed E-state index contributed by atoms with van der Waals surface area (Å²) in [6, 6.07) is 13.4. The van der Waals surface area contributed by atoms with Gasteiger partial charge in [-0.05, 0) is 36.2 Å². The molecule has 4 nitrogen and oxygen atoms in total. The van der Waals surface area contributed by atoms with Gasteiger partial charge in [0, 0.05) is 18.4 Å². The minimum absolute atomic E-state index is 0.165. The average molecular weight is 258 g/mol. The van der Waals surface area contributed by atoms with Gasteiger partial charge in [0.15, 0.2) is 0 Å². The molecule has 2 rings (SSSR count). The van der Waals surface area contributed by atoms with E-state index in [1.807, 2.05) is 36.4 Å². The average Bonchev–Trinajstić information content (AvgIpc) is 2.43. The van der Waals surface area contributed by atoms with Gasteiger partial charge in [-0.25, -0.2) is 0 Å². The number of nitrogen functional groups attached to an aromatic ring is 1. The number of benzene rings is 2. The van der Waals surface area contributed by atoms with Crippen molar-refractivity contribution in [2.75, 3.05) is 24.8 Å². The van der Waals surface area contributed by atoms with Crippen LogP contribution in [-0.2, 0) is 6.42 Å². The summed E-state index contributed by atoms with van der Waals surface area (Å²) >= 11 is 0. The summed E-state index contributed by atoms with van der Waals surface area (Å²) in [7, 11) is 1.61. The fourth-order valence-corrected chi connectivity index (χ4v) is 1.82. The summed E-state index contributed by atoms with van der Waals surface area (Å²) in [5.41, 5.74) is 9.49. The highest BCUT2D eigenvalue weighted by atomic mass is 16.5. The number of rotatable bonds is 5. The van der Waals surface area contributed by atoms with E-state index in [1.165, 1.54) is 0 Å². The molecule has 0 heterocycles. The molecule has 0 bridgehead atoms. The third-order valence-electron chi connectivity index (χ3n) is 2.89. The van der Waals surface area contributed by atoms with Gasteiger partial charge in [-0.3, -0.25) is 0 Å². The molecule has 0 amide bonds. The molecule has 0 aliphatic heterocycles. The zero-order chi connectivity index (χ0) is 13.7. The zero-order valence-electron chi connectivity index (χ0n) is 10.9. The van der Waals surface area contributed by atoms with Crippen LogP contribution in [0.15, 0.2) is 42.5 Å². The predicted molar refractivity (Wildman–Crippen MR) is 77.9 cm³/mol. The van der Waals surface area contributed by atoms with Crippen molar-refractivity contribution in [3.05, 3.63) is 48.0 Å². The lowest BCUT2D eigenvalue weighted by molar-refractivity contribution is 0.299. The maximum atomic E-state index is 8.87. The van der Waals surface area contributed by atoms with Gasteiger partial charge < -0.3 is 20.9 Å². The number of aliphatic hydroxyl groups excluding tert-OH is 1. The van der Waals surface area contributed by atoms with E-state index in [4.69, 9.17) is 15.6 Å². The molecule has 0 fully saturated rings. The molecule has 2 aromatic carbocycles. The van der Waals surface area contributed by atoms with E-state index in [2.05, 4.69) is 5.32 Å². The van der Waals surface area contributed by atoms with E-state index in [-0.39, 0.29) is 6.61 Å². The van der Waals surface area contributed by atoms with E-state index >= 15 is 0 Å². The fraction of sp³-hybridized carbons (Fsp3) is 0.200. The third-order valence-corrected chi connectivity index (χ3v) is 2.89. The van der Waals surface area contributed by atoms with E-state index in [0.717, 1.165) is 22.7 Å². The van der Waals surface area contributed by atoms with Crippen LogP contribution in [0.1, 0.15) is 5.56 Å². The topological polar surface area (TPSA) is 67.5 Å². The minimum atomic E-state index is 0.165. The van der Waals surface area contributed by atoms with Crippen molar-refractivity contribution in [3.8, 4) is 5.75 Å². The van der Waals surface area contributed by atoms with Crippen LogP contribution in [-0.4, -0.2) is 18.8 Å². The number of aliphatic hydroxyl groups is 1. The summed E-state index contributed by atoms with van der Waals surface area (Å²) < 4.78 is 5.11. The molecule has 0 aliphatic carbocycles. The van der Waals surface area contributed by atoms with Crippen LogP contribution in [0.2, 0.25) is 0 Å². The maximum absolute atomic E-state index is 8.87. The van der Waals surface area contributed by atoms with Gasteiger partial charge in [0.25, 0.3) is 0 Å². The summed E-state index contributed by atoms with van der Waals surface area (Å²) in [5.74, 6) is 0.737. The zero-order valence-corrected chi connectivity index (χ0v) is 10.9. The second-order valence-corrected chi connectivity index (χ2v) is 4.25. The molecule has 0 saturated heterocycles. The molecule has 0 atom stereocenters. The van der Waals surface area contributed by atoms with Crippen molar-refractivity contribution in [1.29, 1.82) is 0 Å². The second kappa shape index (κ2) is 6.11. The number of hydrogen-bond acceptors (Lipinski definition) is 4. The van der Waals surface area contributed by atoms with Gasteiger partial charge >= 0.3 is 0 Å². The van der Waals surface area contributed by atoms with E-state index in [1.54, 1.807) is 13.2 Å². The smallest absolute Gasteiger partial charge is 0.121 e. The Kier molecular flexibility index (Phi) is 4.26. The lowest BCUT2D eigenvalue weighted by Gasteiger charge is -2.11. The molecule has 0 aromatic heterocycles. The van der Waals surface area contributed by atoms with Crippen molar-refractivity contribution >= 4 is 17.1 Å². The Hall–Kier alpha value is -2.20. The number of ether oxygens (including phenoxy) is 1. The molecule has 0 aliphatic rings. The van der Waals surface area contributed by atoms with Crippen molar-refractivity contribution in [3.63, 3.8) is 0 Å². The highest BCUT2D eigenvalue weighted by Crippen LogP contribution is 2.27. The highest BCUT2D eigenvalue weighted by Gasteiger charge is 2.02. The van der Waals surface area contributed by atoms with Gasteiger partial charge in [0.05, 0.1) is 18.5 Å². The first kappa shape index (κ1) is 13.2. The predicted octanol–water partition coefficient (Wildman–Crippen LogP) is 2.56. The number of anilines is 3. The van der Waals surface area contributed by atoms with Crippen LogP contribution in [0.4, 0.5) is 17.1 Å². The van der Waals surface area contributed by atoms with Crippen LogP contribution >= 0.6 is 0 Å². The lowest BCUT2D eigenvalue weighted by atomic mass is 10.1. The van der Waals surface area contributed by atoms with E-state index in [9.17, 15) is 0 Å². The Balaban J connectivity index is 2.12. The normalized spacial score (nSPS) is 10.2. The van der Waals surface area contributed by atoms with Gasteiger partial charge in [-0.15, -0.1) is 0 Å². The van der Waals surface area contributed by atoms with E-state index in [0.29, 0.717) is 12.1 Å². The molecule has 4 N–H and O–H groups in total. The Morgan fingerprint density at radius 2 is 1.89 bits per heavy atom. The molecule has 0 spiro atoms. The summed E-state index contributed by atoms with van der Waals surface area (Å²) in [4.78, 5) is 0. The van der Waals surface area contributed by atoms with Crippen LogP contribution < -0.4 is 15.8 Å². The molecular formula is C15H18N2O2. The Morgan fingerprint density at radius 3 is 2.47 bits per heavy atom. The molecule has 4 heteroatoms. The van der Waals surface area contributed by atoms with Crippen LogP contribution in [0.25, 0.3) is 0 Å². The largest absolute Gasteiger partial charge is 0.497 e. The van der Waals surface area contributed by atoms with Crippen molar-refractivity contribution in [2.24, 2.45) is 0 Å². The fourth-order valence-electron chi connectivity index (χ4n) is 1.82. The Bertz CT molecular complexity index is 538. The summed E-state index contributed by atoms with van der Waals surface area (Å²) in [6.07, 6.45) is 0.672. The second-order valence-electron chi connectivity index (χ2n) is 4.25. The highest BCUT2D eigenvalue weighted by molar-refractivity contribution is 5.73. The maximum Gasteiger partial charge on any atom is 0.121 e. The minimum Gasteiger partial charge on any atom is -0.497 e. The molecule has 0 saturated carbocycles. The van der Waals surface area contributed by atoms with Gasteiger partial charge in [-0.1, -0.05) is 12.1 Å². The first-order chi connectivity index (χ1) is 9.22. The molecule has 0 unspecified atom stereocenters. The number of nitrogens with two attached hydrogens (primary N) is 1.